The lowest BCUT2D eigenvalue weighted by molar-refractivity contribution is 0.0489. The number of aromatic nitrogens is 5. The van der Waals surface area contributed by atoms with Crippen molar-refractivity contribution >= 4 is 10.9 Å². The van der Waals surface area contributed by atoms with E-state index >= 15 is 0 Å². The van der Waals surface area contributed by atoms with Crippen LogP contribution in [0.5, 0.6) is 0 Å². The summed E-state index contributed by atoms with van der Waals surface area (Å²) in [5, 5.41) is 13.8. The molecule has 5 rings (SSSR count). The Balaban J connectivity index is 1.48. The van der Waals surface area contributed by atoms with E-state index in [-0.39, 0.29) is 17.7 Å². The highest BCUT2D eigenvalue weighted by molar-refractivity contribution is 5.79. The number of tetrazole rings is 1. The van der Waals surface area contributed by atoms with Crippen LogP contribution >= 0.6 is 0 Å². The van der Waals surface area contributed by atoms with E-state index in [1.54, 1.807) is 0 Å². The largest absolute Gasteiger partial charge is 0.377 e. The van der Waals surface area contributed by atoms with E-state index in [1.165, 1.54) is 5.56 Å². The Hall–Kier alpha value is -3.36. The molecule has 2 aromatic heterocycles. The van der Waals surface area contributed by atoms with Crippen LogP contribution in [0.1, 0.15) is 54.7 Å². The highest BCUT2D eigenvalue weighted by Crippen LogP contribution is 2.27. The first-order valence-electron chi connectivity index (χ1n) is 12.4. The number of nitrogens with one attached hydrogen (secondary N) is 1. The average Bonchev–Trinajstić information content (AvgIpc) is 3.54. The van der Waals surface area contributed by atoms with Gasteiger partial charge < -0.3 is 9.72 Å². The molecule has 0 amide bonds. The summed E-state index contributed by atoms with van der Waals surface area (Å²) in [5.74, 6) is 0.808. The molecule has 0 unspecified atom stereocenters. The summed E-state index contributed by atoms with van der Waals surface area (Å²) in [6, 6.07) is 18.3. The zero-order valence-electron chi connectivity index (χ0n) is 20.4. The third-order valence-electron chi connectivity index (χ3n) is 6.77. The highest BCUT2D eigenvalue weighted by Gasteiger charge is 2.29. The Labute approximate surface area is 204 Å². The molecule has 0 radical (unpaired) electrons. The molecule has 0 bridgehead atoms. The molecular weight excluding hydrogens is 440 g/mol. The standard InChI is InChI=1S/C27H32N6O2/c1-3-25(26-29-30-31-33(26)16-20-8-5-4-6-9-20)32(18-23-10-7-13-35-23)17-22-15-21-14-19(2)11-12-24(21)28-27(22)34/h4-6,8-9,11-12,14-15,23,25H,3,7,10,13,16-18H2,1-2H3,(H,28,34)/t23-,25-/m1/s1. The minimum atomic E-state index is -0.0579. The van der Waals surface area contributed by atoms with Gasteiger partial charge in [0, 0.05) is 30.8 Å². The molecule has 8 heteroatoms. The van der Waals surface area contributed by atoms with E-state index in [9.17, 15) is 4.79 Å². The van der Waals surface area contributed by atoms with Crippen molar-refractivity contribution in [3.8, 4) is 0 Å². The number of hydrogen-bond acceptors (Lipinski definition) is 6. The van der Waals surface area contributed by atoms with Crippen molar-refractivity contribution in [3.05, 3.63) is 87.5 Å². The normalized spacial score (nSPS) is 16.8. The molecule has 0 aliphatic carbocycles. The summed E-state index contributed by atoms with van der Waals surface area (Å²) < 4.78 is 7.86. The lowest BCUT2D eigenvalue weighted by Crippen LogP contribution is -2.37. The predicted molar refractivity (Wildman–Crippen MR) is 135 cm³/mol. The van der Waals surface area contributed by atoms with Gasteiger partial charge in [-0.15, -0.1) is 5.10 Å². The zero-order chi connectivity index (χ0) is 24.2. The van der Waals surface area contributed by atoms with Crippen LogP contribution in [0.4, 0.5) is 0 Å². The van der Waals surface area contributed by atoms with Gasteiger partial charge in [0.1, 0.15) is 0 Å². The van der Waals surface area contributed by atoms with Gasteiger partial charge in [0.15, 0.2) is 5.82 Å². The first-order valence-corrected chi connectivity index (χ1v) is 12.4. The van der Waals surface area contributed by atoms with Crippen molar-refractivity contribution in [3.63, 3.8) is 0 Å². The van der Waals surface area contributed by atoms with Gasteiger partial charge in [-0.3, -0.25) is 9.69 Å². The second-order valence-electron chi connectivity index (χ2n) is 9.38. The minimum absolute atomic E-state index is 0.0504. The number of pyridine rings is 1. The first-order chi connectivity index (χ1) is 17.1. The zero-order valence-corrected chi connectivity index (χ0v) is 20.4. The third kappa shape index (κ3) is 5.33. The average molecular weight is 473 g/mol. The van der Waals surface area contributed by atoms with Gasteiger partial charge >= 0.3 is 0 Å². The molecule has 1 aliphatic heterocycles. The number of benzene rings is 2. The Morgan fingerprint density at radius 3 is 2.83 bits per heavy atom. The van der Waals surface area contributed by atoms with Gasteiger partial charge in [-0.25, -0.2) is 4.68 Å². The SMILES string of the molecule is CC[C@H](c1nnnn1Cc1ccccc1)N(Cc1cc2cc(C)ccc2[nH]c1=O)C[C@H]1CCCO1. The smallest absolute Gasteiger partial charge is 0.252 e. The third-order valence-corrected chi connectivity index (χ3v) is 6.77. The fourth-order valence-corrected chi connectivity index (χ4v) is 4.98. The molecule has 2 atom stereocenters. The second-order valence-corrected chi connectivity index (χ2v) is 9.38. The summed E-state index contributed by atoms with van der Waals surface area (Å²) in [7, 11) is 0. The molecule has 8 nitrogen and oxygen atoms in total. The number of H-pyrrole nitrogens is 1. The molecule has 1 aliphatic rings. The van der Waals surface area contributed by atoms with Crippen molar-refractivity contribution in [2.75, 3.05) is 13.2 Å². The van der Waals surface area contributed by atoms with Gasteiger partial charge in [0.05, 0.1) is 18.7 Å². The van der Waals surface area contributed by atoms with E-state index < -0.39 is 0 Å². The summed E-state index contributed by atoms with van der Waals surface area (Å²) in [6.07, 6.45) is 3.04. The number of aryl methyl sites for hydroxylation is 1. The number of ether oxygens (including phenoxy) is 1. The topological polar surface area (TPSA) is 88.9 Å². The Kier molecular flexibility index (Phi) is 7.01. The fraction of sp³-hybridized carbons (Fsp3) is 0.407. The Bertz CT molecular complexity index is 1330. The van der Waals surface area contributed by atoms with Crippen LogP contribution in [-0.4, -0.2) is 49.3 Å². The Morgan fingerprint density at radius 2 is 2.06 bits per heavy atom. The van der Waals surface area contributed by atoms with Crippen molar-refractivity contribution in [1.82, 2.24) is 30.1 Å². The van der Waals surface area contributed by atoms with E-state index in [4.69, 9.17) is 4.74 Å². The Morgan fingerprint density at radius 1 is 1.20 bits per heavy atom. The maximum absolute atomic E-state index is 13.0. The first kappa shape index (κ1) is 23.4. The van der Waals surface area contributed by atoms with Gasteiger partial charge in [-0.05, 0) is 65.8 Å². The van der Waals surface area contributed by atoms with Crippen LogP contribution in [-0.2, 0) is 17.8 Å². The van der Waals surface area contributed by atoms with E-state index in [2.05, 4.69) is 57.5 Å². The van der Waals surface area contributed by atoms with Crippen molar-refractivity contribution < 1.29 is 4.74 Å². The lowest BCUT2D eigenvalue weighted by atomic mass is 10.1. The number of nitrogens with zero attached hydrogens (tertiary/aromatic N) is 5. The van der Waals surface area contributed by atoms with Crippen LogP contribution in [0.3, 0.4) is 0 Å². The molecule has 2 aromatic carbocycles. The van der Waals surface area contributed by atoms with Crippen LogP contribution in [0, 0.1) is 6.92 Å². The van der Waals surface area contributed by atoms with Crippen LogP contribution in [0.15, 0.2) is 59.4 Å². The van der Waals surface area contributed by atoms with Crippen molar-refractivity contribution in [2.24, 2.45) is 0 Å². The van der Waals surface area contributed by atoms with Crippen LogP contribution in [0.2, 0.25) is 0 Å². The summed E-state index contributed by atoms with van der Waals surface area (Å²) >= 11 is 0. The van der Waals surface area contributed by atoms with Crippen molar-refractivity contribution in [2.45, 2.75) is 58.3 Å². The molecule has 182 valence electrons. The van der Waals surface area contributed by atoms with Crippen LogP contribution < -0.4 is 5.56 Å². The number of fused-ring (bicyclic) bond motifs is 1. The number of hydrogen-bond donors (Lipinski definition) is 1. The quantitative estimate of drug-likeness (QED) is 0.396. The van der Waals surface area contributed by atoms with Gasteiger partial charge in [-0.2, -0.15) is 0 Å². The molecule has 3 heterocycles. The molecule has 1 fully saturated rings. The molecule has 1 N–H and O–H groups in total. The van der Waals surface area contributed by atoms with Gasteiger partial charge in [-0.1, -0.05) is 48.9 Å². The maximum Gasteiger partial charge on any atom is 0.252 e. The summed E-state index contributed by atoms with van der Waals surface area (Å²) in [4.78, 5) is 18.4. The molecule has 1 saturated heterocycles. The predicted octanol–water partition coefficient (Wildman–Crippen LogP) is 4.00. The van der Waals surface area contributed by atoms with Gasteiger partial charge in [0.2, 0.25) is 0 Å². The van der Waals surface area contributed by atoms with Crippen LogP contribution in [0.25, 0.3) is 10.9 Å². The fourth-order valence-electron chi connectivity index (χ4n) is 4.98. The minimum Gasteiger partial charge on any atom is -0.377 e. The highest BCUT2D eigenvalue weighted by atomic mass is 16.5. The number of aromatic amines is 1. The van der Waals surface area contributed by atoms with E-state index in [0.29, 0.717) is 13.1 Å². The molecule has 4 aromatic rings. The second kappa shape index (κ2) is 10.5. The maximum atomic E-state index is 13.0. The number of rotatable bonds is 9. The van der Waals surface area contributed by atoms with Gasteiger partial charge in [0.25, 0.3) is 5.56 Å². The molecule has 35 heavy (non-hydrogen) atoms. The monoisotopic (exact) mass is 472 g/mol. The molecule has 0 saturated carbocycles. The van der Waals surface area contributed by atoms with Crippen molar-refractivity contribution in [1.29, 1.82) is 0 Å². The van der Waals surface area contributed by atoms with E-state index in [1.807, 2.05) is 41.1 Å². The lowest BCUT2D eigenvalue weighted by Gasteiger charge is -2.32. The van der Waals surface area contributed by atoms with E-state index in [0.717, 1.165) is 60.3 Å². The molecule has 0 spiro atoms. The molecular formula is C27H32N6O2. The summed E-state index contributed by atoms with van der Waals surface area (Å²) in [5.41, 5.74) is 3.84. The summed E-state index contributed by atoms with van der Waals surface area (Å²) in [6.45, 7) is 6.81.